The minimum atomic E-state index is 0.0896. The lowest BCUT2D eigenvalue weighted by molar-refractivity contribution is 0.242. The standard InChI is InChI=1S/C13H18NO2/c1-10(2)14(9-15)12-6-5-7-13(8-12)16-11(3)4/h5-8,10-11H,1-4H3. The van der Waals surface area contributed by atoms with Gasteiger partial charge in [0.25, 0.3) is 0 Å². The summed E-state index contributed by atoms with van der Waals surface area (Å²) in [6.07, 6.45) is 2.05. The van der Waals surface area contributed by atoms with Gasteiger partial charge in [0.2, 0.25) is 0 Å². The summed E-state index contributed by atoms with van der Waals surface area (Å²) in [6, 6.07) is 7.57. The summed E-state index contributed by atoms with van der Waals surface area (Å²) in [5.41, 5.74) is 0.808. The summed E-state index contributed by atoms with van der Waals surface area (Å²) in [4.78, 5) is 12.4. The van der Waals surface area contributed by atoms with Gasteiger partial charge in [-0.3, -0.25) is 4.79 Å². The van der Waals surface area contributed by atoms with Gasteiger partial charge in [0, 0.05) is 17.8 Å². The quantitative estimate of drug-likeness (QED) is 0.714. The molecule has 0 saturated carbocycles. The Morgan fingerprint density at radius 2 is 1.94 bits per heavy atom. The molecule has 0 unspecified atom stereocenters. The summed E-state index contributed by atoms with van der Waals surface area (Å²) in [6.45, 7) is 7.83. The van der Waals surface area contributed by atoms with Crippen LogP contribution in [0, 0.1) is 0 Å². The summed E-state index contributed by atoms with van der Waals surface area (Å²) >= 11 is 0. The van der Waals surface area contributed by atoms with Gasteiger partial charge in [0.15, 0.2) is 0 Å². The van der Waals surface area contributed by atoms with Crippen LogP contribution in [0.3, 0.4) is 0 Å². The van der Waals surface area contributed by atoms with Crippen LogP contribution in [0.2, 0.25) is 0 Å². The van der Waals surface area contributed by atoms with Crippen molar-refractivity contribution in [3.05, 3.63) is 24.3 Å². The highest BCUT2D eigenvalue weighted by Crippen LogP contribution is 2.22. The number of benzene rings is 1. The average molecular weight is 220 g/mol. The van der Waals surface area contributed by atoms with Crippen LogP contribution in [-0.4, -0.2) is 18.6 Å². The Hall–Kier alpha value is -1.51. The zero-order chi connectivity index (χ0) is 12.1. The third kappa shape index (κ3) is 3.26. The molecule has 0 atom stereocenters. The first-order valence-electron chi connectivity index (χ1n) is 5.48. The van der Waals surface area contributed by atoms with Gasteiger partial charge in [-0.25, -0.2) is 0 Å². The van der Waals surface area contributed by atoms with Gasteiger partial charge in [0.05, 0.1) is 6.10 Å². The summed E-state index contributed by atoms with van der Waals surface area (Å²) in [7, 11) is 0. The van der Waals surface area contributed by atoms with E-state index < -0.39 is 0 Å². The van der Waals surface area contributed by atoms with E-state index in [1.165, 1.54) is 0 Å². The maximum Gasteiger partial charge on any atom is 0.317 e. The van der Waals surface area contributed by atoms with Crippen LogP contribution < -0.4 is 9.64 Å². The molecule has 0 spiro atoms. The first kappa shape index (κ1) is 12.6. The largest absolute Gasteiger partial charge is 0.491 e. The second kappa shape index (κ2) is 5.54. The molecule has 0 heterocycles. The lowest BCUT2D eigenvalue weighted by atomic mass is 10.2. The predicted octanol–water partition coefficient (Wildman–Crippen LogP) is 2.76. The molecule has 1 aromatic rings. The van der Waals surface area contributed by atoms with Crippen molar-refractivity contribution in [3.63, 3.8) is 0 Å². The fourth-order valence-corrected chi connectivity index (χ4v) is 1.44. The summed E-state index contributed by atoms with van der Waals surface area (Å²) < 4.78 is 5.57. The normalized spacial score (nSPS) is 10.6. The number of amides is 1. The van der Waals surface area contributed by atoms with Gasteiger partial charge in [0.1, 0.15) is 5.75 Å². The molecular formula is C13H18NO2. The van der Waals surface area contributed by atoms with Crippen molar-refractivity contribution in [2.75, 3.05) is 4.90 Å². The number of anilines is 1. The number of hydrogen-bond acceptors (Lipinski definition) is 2. The van der Waals surface area contributed by atoms with E-state index in [2.05, 4.69) is 0 Å². The third-order valence-electron chi connectivity index (χ3n) is 2.08. The molecule has 16 heavy (non-hydrogen) atoms. The fourth-order valence-electron chi connectivity index (χ4n) is 1.44. The first-order chi connectivity index (χ1) is 7.54. The molecular weight excluding hydrogens is 202 g/mol. The number of carbonyl (C=O) groups excluding carboxylic acids is 1. The van der Waals surface area contributed by atoms with Crippen molar-refractivity contribution in [2.45, 2.75) is 39.8 Å². The molecule has 3 nitrogen and oxygen atoms in total. The highest BCUT2D eigenvalue weighted by molar-refractivity contribution is 5.76. The summed E-state index contributed by atoms with van der Waals surface area (Å²) in [5, 5.41) is 0. The van der Waals surface area contributed by atoms with E-state index in [-0.39, 0.29) is 12.1 Å². The Labute approximate surface area is 97.0 Å². The molecule has 0 aliphatic rings. The Kier molecular flexibility index (Phi) is 4.35. The van der Waals surface area contributed by atoms with Crippen LogP contribution in [0.15, 0.2) is 24.3 Å². The zero-order valence-electron chi connectivity index (χ0n) is 10.2. The SMILES string of the molecule is CC(C)Oc1cccc(N([C]=O)C(C)C)c1. The maximum absolute atomic E-state index is 10.8. The molecule has 0 bridgehead atoms. The van der Waals surface area contributed by atoms with Gasteiger partial charge in [-0.1, -0.05) is 6.07 Å². The highest BCUT2D eigenvalue weighted by Gasteiger charge is 2.11. The molecule has 0 N–H and O–H groups in total. The molecule has 3 heteroatoms. The van der Waals surface area contributed by atoms with Crippen LogP contribution in [0.25, 0.3) is 0 Å². The van der Waals surface area contributed by atoms with Crippen molar-refractivity contribution >= 4 is 12.1 Å². The van der Waals surface area contributed by atoms with Crippen LogP contribution in [0.5, 0.6) is 5.75 Å². The molecule has 0 aliphatic heterocycles. The number of hydrogen-bond donors (Lipinski definition) is 0. The molecule has 1 aromatic carbocycles. The fraction of sp³-hybridized carbons (Fsp3) is 0.462. The van der Waals surface area contributed by atoms with Crippen molar-refractivity contribution in [1.82, 2.24) is 0 Å². The summed E-state index contributed by atoms with van der Waals surface area (Å²) in [5.74, 6) is 0.772. The molecule has 1 amide bonds. The lowest BCUT2D eigenvalue weighted by Crippen LogP contribution is -2.28. The van der Waals surface area contributed by atoms with Crippen molar-refractivity contribution in [1.29, 1.82) is 0 Å². The Morgan fingerprint density at radius 1 is 1.25 bits per heavy atom. The average Bonchev–Trinajstić information content (AvgIpc) is 2.17. The van der Waals surface area contributed by atoms with Crippen LogP contribution >= 0.6 is 0 Å². The Balaban J connectivity index is 2.92. The van der Waals surface area contributed by atoms with E-state index in [0.29, 0.717) is 0 Å². The monoisotopic (exact) mass is 220 g/mol. The Bertz CT molecular complexity index is 348. The van der Waals surface area contributed by atoms with Gasteiger partial charge in [-0.2, -0.15) is 0 Å². The second-order valence-electron chi connectivity index (χ2n) is 4.22. The molecule has 0 aromatic heterocycles. The van der Waals surface area contributed by atoms with Gasteiger partial charge < -0.3 is 9.64 Å². The predicted molar refractivity (Wildman–Crippen MR) is 65.5 cm³/mol. The van der Waals surface area contributed by atoms with Crippen molar-refractivity contribution in [3.8, 4) is 5.75 Å². The topological polar surface area (TPSA) is 29.5 Å². The van der Waals surface area contributed by atoms with Crippen LogP contribution in [0.4, 0.5) is 5.69 Å². The Morgan fingerprint density at radius 3 is 2.44 bits per heavy atom. The molecule has 0 fully saturated rings. The zero-order valence-corrected chi connectivity index (χ0v) is 10.2. The molecule has 0 aliphatic carbocycles. The van der Waals surface area contributed by atoms with Gasteiger partial charge in [-0.15, -0.1) is 0 Å². The molecule has 1 radical (unpaired) electrons. The van der Waals surface area contributed by atoms with Gasteiger partial charge >= 0.3 is 6.41 Å². The van der Waals surface area contributed by atoms with E-state index in [4.69, 9.17) is 4.74 Å². The van der Waals surface area contributed by atoms with Crippen molar-refractivity contribution < 1.29 is 9.53 Å². The van der Waals surface area contributed by atoms with Crippen LogP contribution in [-0.2, 0) is 4.79 Å². The van der Waals surface area contributed by atoms with Crippen molar-refractivity contribution in [2.24, 2.45) is 0 Å². The number of nitrogens with zero attached hydrogens (tertiary/aromatic N) is 1. The number of rotatable bonds is 5. The second-order valence-corrected chi connectivity index (χ2v) is 4.22. The highest BCUT2D eigenvalue weighted by atomic mass is 16.5. The smallest absolute Gasteiger partial charge is 0.317 e. The lowest BCUT2D eigenvalue weighted by Gasteiger charge is -2.21. The minimum absolute atomic E-state index is 0.0896. The molecule has 87 valence electrons. The van der Waals surface area contributed by atoms with E-state index in [0.717, 1.165) is 11.4 Å². The van der Waals surface area contributed by atoms with E-state index >= 15 is 0 Å². The number of ether oxygens (including phenoxy) is 1. The molecule has 1 rings (SSSR count). The van der Waals surface area contributed by atoms with E-state index in [1.54, 1.807) is 4.90 Å². The van der Waals surface area contributed by atoms with E-state index in [1.807, 2.05) is 58.4 Å². The molecule has 0 saturated heterocycles. The van der Waals surface area contributed by atoms with Gasteiger partial charge in [-0.05, 0) is 39.8 Å². The van der Waals surface area contributed by atoms with Crippen LogP contribution in [0.1, 0.15) is 27.7 Å². The minimum Gasteiger partial charge on any atom is -0.491 e. The third-order valence-corrected chi connectivity index (χ3v) is 2.08. The van der Waals surface area contributed by atoms with E-state index in [9.17, 15) is 4.79 Å². The maximum atomic E-state index is 10.8. The first-order valence-corrected chi connectivity index (χ1v) is 5.48.